The number of sulfonamides is 1. The van der Waals surface area contributed by atoms with Crippen LogP contribution in [0.4, 0.5) is 5.13 Å². The summed E-state index contributed by atoms with van der Waals surface area (Å²) < 4.78 is 32.4. The molecule has 1 aliphatic heterocycles. The number of aryl methyl sites for hydroxylation is 1. The first-order valence-corrected chi connectivity index (χ1v) is 12.6. The number of aromatic nitrogens is 1. The summed E-state index contributed by atoms with van der Waals surface area (Å²) in [7, 11) is -2.07. The molecule has 0 spiro atoms. The summed E-state index contributed by atoms with van der Waals surface area (Å²) >= 11 is 1.53. The summed E-state index contributed by atoms with van der Waals surface area (Å²) in [6.45, 7) is 3.25. The van der Waals surface area contributed by atoms with E-state index in [1.807, 2.05) is 0 Å². The molecule has 2 heterocycles. The van der Waals surface area contributed by atoms with E-state index in [-0.39, 0.29) is 16.9 Å². The third-order valence-corrected chi connectivity index (χ3v) is 8.59. The number of amides is 1. The predicted molar refractivity (Wildman–Crippen MR) is 116 cm³/mol. The van der Waals surface area contributed by atoms with Gasteiger partial charge in [0, 0.05) is 30.6 Å². The Labute approximate surface area is 181 Å². The van der Waals surface area contributed by atoms with Gasteiger partial charge in [0.25, 0.3) is 5.91 Å². The zero-order chi connectivity index (χ0) is 21.3. The van der Waals surface area contributed by atoms with Crippen LogP contribution in [0.3, 0.4) is 0 Å². The van der Waals surface area contributed by atoms with Gasteiger partial charge in [0.05, 0.1) is 16.7 Å². The zero-order valence-electron chi connectivity index (χ0n) is 17.3. The van der Waals surface area contributed by atoms with Crippen LogP contribution >= 0.6 is 11.3 Å². The highest BCUT2D eigenvalue weighted by Crippen LogP contribution is 2.32. The van der Waals surface area contributed by atoms with E-state index in [2.05, 4.69) is 17.2 Å². The Morgan fingerprint density at radius 1 is 1.30 bits per heavy atom. The van der Waals surface area contributed by atoms with Gasteiger partial charge in [-0.25, -0.2) is 13.4 Å². The number of likely N-dealkylation sites (N-methyl/N-ethyl adjacent to an activating group) is 1. The zero-order valence-corrected chi connectivity index (χ0v) is 18.9. The number of anilines is 1. The molecule has 2 aliphatic rings. The van der Waals surface area contributed by atoms with E-state index < -0.39 is 10.0 Å². The van der Waals surface area contributed by atoms with Crippen molar-refractivity contribution >= 4 is 32.4 Å². The number of nitrogens with zero attached hydrogens (tertiary/aromatic N) is 2. The Morgan fingerprint density at radius 3 is 2.77 bits per heavy atom. The van der Waals surface area contributed by atoms with Gasteiger partial charge >= 0.3 is 0 Å². The number of ether oxygens (including phenoxy) is 1. The van der Waals surface area contributed by atoms with E-state index >= 15 is 0 Å². The van der Waals surface area contributed by atoms with Crippen molar-refractivity contribution in [2.24, 2.45) is 5.92 Å². The van der Waals surface area contributed by atoms with Crippen LogP contribution in [0.5, 0.6) is 0 Å². The van der Waals surface area contributed by atoms with Gasteiger partial charge in [-0.3, -0.25) is 10.1 Å². The highest BCUT2D eigenvalue weighted by Gasteiger charge is 2.26. The SMILES string of the molecule is C[C@H]1CCc2nc(NC(=O)c3ccc(S(=O)(=O)N(C)C[C@@H]4CCCO4)cc3)sc2C1. The van der Waals surface area contributed by atoms with E-state index in [1.54, 1.807) is 7.05 Å². The summed E-state index contributed by atoms with van der Waals surface area (Å²) in [6.07, 6.45) is 4.87. The topological polar surface area (TPSA) is 88.6 Å². The number of nitrogens with one attached hydrogen (secondary N) is 1. The van der Waals surface area contributed by atoms with Gasteiger partial charge in [0.15, 0.2) is 5.13 Å². The second-order valence-corrected chi connectivity index (χ2v) is 11.3. The predicted octanol–water partition coefficient (Wildman–Crippen LogP) is 3.32. The number of hydrogen-bond donors (Lipinski definition) is 1. The minimum absolute atomic E-state index is 0.0538. The van der Waals surface area contributed by atoms with Gasteiger partial charge in [-0.15, -0.1) is 11.3 Å². The molecule has 0 unspecified atom stereocenters. The van der Waals surface area contributed by atoms with Crippen LogP contribution in [0, 0.1) is 5.92 Å². The first-order valence-electron chi connectivity index (χ1n) is 10.3. The van der Waals surface area contributed by atoms with E-state index in [9.17, 15) is 13.2 Å². The fourth-order valence-corrected chi connectivity index (χ4v) is 6.26. The molecule has 4 rings (SSSR count). The van der Waals surface area contributed by atoms with Gasteiger partial charge in [0.2, 0.25) is 10.0 Å². The van der Waals surface area contributed by atoms with E-state index in [4.69, 9.17) is 4.74 Å². The molecule has 0 saturated carbocycles. The van der Waals surface area contributed by atoms with Crippen molar-refractivity contribution in [3.8, 4) is 0 Å². The molecule has 162 valence electrons. The molecule has 1 saturated heterocycles. The van der Waals surface area contributed by atoms with Crippen LogP contribution in [-0.4, -0.2) is 49.9 Å². The average Bonchev–Trinajstić information content (AvgIpc) is 3.37. The van der Waals surface area contributed by atoms with Crippen molar-refractivity contribution in [2.75, 3.05) is 25.5 Å². The molecule has 0 bridgehead atoms. The number of thiazole rings is 1. The lowest BCUT2D eigenvalue weighted by Gasteiger charge is -2.20. The third-order valence-electron chi connectivity index (χ3n) is 5.72. The molecule has 2 aromatic rings. The van der Waals surface area contributed by atoms with Crippen LogP contribution in [-0.2, 0) is 27.6 Å². The number of fused-ring (bicyclic) bond motifs is 1. The molecular formula is C21H27N3O4S2. The quantitative estimate of drug-likeness (QED) is 0.731. The normalized spacial score (nSPS) is 21.6. The molecule has 2 atom stereocenters. The average molecular weight is 450 g/mol. The summed E-state index contributed by atoms with van der Waals surface area (Å²) in [6, 6.07) is 6.03. The molecule has 1 N–H and O–H groups in total. The van der Waals surface area contributed by atoms with E-state index in [0.717, 1.165) is 37.8 Å². The number of rotatable bonds is 6. The van der Waals surface area contributed by atoms with Crippen molar-refractivity contribution < 1.29 is 17.9 Å². The maximum absolute atomic E-state index is 12.8. The first kappa shape index (κ1) is 21.4. The van der Waals surface area contributed by atoms with Gasteiger partial charge in [-0.05, 0) is 62.3 Å². The standard InChI is InChI=1S/C21H27N3O4S2/c1-14-5-10-18-19(12-14)29-21(22-18)23-20(25)15-6-8-17(9-7-15)30(26,27)24(2)13-16-4-3-11-28-16/h6-9,14,16H,3-5,10-13H2,1-2H3,(H,22,23,25)/t14-,16-/m0/s1. The highest BCUT2D eigenvalue weighted by molar-refractivity contribution is 7.89. The molecule has 1 amide bonds. The Morgan fingerprint density at radius 2 is 2.07 bits per heavy atom. The minimum Gasteiger partial charge on any atom is -0.377 e. The Balaban J connectivity index is 1.42. The molecule has 30 heavy (non-hydrogen) atoms. The molecular weight excluding hydrogens is 422 g/mol. The van der Waals surface area contributed by atoms with Crippen LogP contribution in [0.25, 0.3) is 0 Å². The molecule has 7 nitrogen and oxygen atoms in total. The third kappa shape index (κ3) is 4.59. The monoisotopic (exact) mass is 449 g/mol. The fourth-order valence-electron chi connectivity index (χ4n) is 3.89. The fraction of sp³-hybridized carbons (Fsp3) is 0.524. The number of hydrogen-bond acceptors (Lipinski definition) is 6. The Kier molecular flexibility index (Phi) is 6.24. The smallest absolute Gasteiger partial charge is 0.257 e. The summed E-state index contributed by atoms with van der Waals surface area (Å²) in [5.41, 5.74) is 1.49. The van der Waals surface area contributed by atoms with Crippen LogP contribution < -0.4 is 5.32 Å². The highest BCUT2D eigenvalue weighted by atomic mass is 32.2. The second-order valence-electron chi connectivity index (χ2n) is 8.14. The summed E-state index contributed by atoms with van der Waals surface area (Å²) in [5.74, 6) is 0.361. The van der Waals surface area contributed by atoms with Crippen molar-refractivity contribution in [1.82, 2.24) is 9.29 Å². The molecule has 9 heteroatoms. The maximum Gasteiger partial charge on any atom is 0.257 e. The van der Waals surface area contributed by atoms with Crippen molar-refractivity contribution in [3.63, 3.8) is 0 Å². The molecule has 1 aromatic carbocycles. The molecule has 1 fully saturated rings. The summed E-state index contributed by atoms with van der Waals surface area (Å²) in [5, 5.41) is 3.46. The lowest BCUT2D eigenvalue weighted by atomic mass is 9.93. The van der Waals surface area contributed by atoms with Gasteiger partial charge in [0.1, 0.15) is 0 Å². The number of carbonyl (C=O) groups excluding carboxylic acids is 1. The number of benzene rings is 1. The maximum atomic E-state index is 12.8. The largest absolute Gasteiger partial charge is 0.377 e. The van der Waals surface area contributed by atoms with Crippen LogP contribution in [0.15, 0.2) is 29.2 Å². The number of carbonyl (C=O) groups is 1. The second kappa shape index (κ2) is 8.74. The summed E-state index contributed by atoms with van der Waals surface area (Å²) in [4.78, 5) is 18.6. The van der Waals surface area contributed by atoms with Crippen LogP contribution in [0.2, 0.25) is 0 Å². The van der Waals surface area contributed by atoms with Crippen molar-refractivity contribution in [2.45, 2.75) is 50.0 Å². The van der Waals surface area contributed by atoms with Crippen molar-refractivity contribution in [1.29, 1.82) is 0 Å². The van der Waals surface area contributed by atoms with Crippen LogP contribution in [0.1, 0.15) is 47.1 Å². The molecule has 0 radical (unpaired) electrons. The Bertz CT molecular complexity index is 1010. The van der Waals surface area contributed by atoms with Gasteiger partial charge in [-0.2, -0.15) is 4.31 Å². The van der Waals surface area contributed by atoms with E-state index in [0.29, 0.717) is 29.8 Å². The van der Waals surface area contributed by atoms with Gasteiger partial charge in [-0.1, -0.05) is 6.92 Å². The van der Waals surface area contributed by atoms with E-state index in [1.165, 1.54) is 44.8 Å². The molecule has 1 aliphatic carbocycles. The van der Waals surface area contributed by atoms with Gasteiger partial charge < -0.3 is 4.74 Å². The molecule has 1 aromatic heterocycles. The lowest BCUT2D eigenvalue weighted by Crippen LogP contribution is -2.34. The minimum atomic E-state index is -3.62. The first-order chi connectivity index (χ1) is 14.3. The van der Waals surface area contributed by atoms with Crippen molar-refractivity contribution in [3.05, 3.63) is 40.4 Å². The Hall–Kier alpha value is -1.81. The lowest BCUT2D eigenvalue weighted by molar-refractivity contribution is 0.0979.